The third-order valence-corrected chi connectivity index (χ3v) is 5.90. The monoisotopic (exact) mass is 585 g/mol. The molecule has 0 spiro atoms. The molecule has 0 fully saturated rings. The number of alkyl halides is 3. The minimum Gasteiger partial charge on any atom is -0.508 e. The number of aromatic hydroxyl groups is 1. The number of esters is 1. The molecule has 2 amide bonds. The lowest BCUT2D eigenvalue weighted by atomic mass is 10.0. The fourth-order valence-corrected chi connectivity index (χ4v) is 3.88. The van der Waals surface area contributed by atoms with Crippen molar-refractivity contribution in [2.75, 3.05) is 17.7 Å². The Morgan fingerprint density at radius 2 is 1.76 bits per heavy atom. The van der Waals surface area contributed by atoms with Gasteiger partial charge in [0.25, 0.3) is 11.5 Å². The van der Waals surface area contributed by atoms with Crippen LogP contribution in [0.15, 0.2) is 59.5 Å². The van der Waals surface area contributed by atoms with E-state index in [0.29, 0.717) is 10.5 Å². The number of nitrogens with one attached hydrogen (secondary N) is 2. The molecule has 13 nitrogen and oxygen atoms in total. The van der Waals surface area contributed by atoms with E-state index in [1.807, 2.05) is 0 Å². The third-order valence-electron chi connectivity index (χ3n) is 5.90. The average Bonchev–Trinajstić information content (AvgIpc) is 2.95. The number of phenols is 1. The van der Waals surface area contributed by atoms with Crippen LogP contribution in [-0.2, 0) is 27.3 Å². The molecule has 0 aliphatic rings. The van der Waals surface area contributed by atoms with E-state index in [1.165, 1.54) is 24.3 Å². The van der Waals surface area contributed by atoms with Gasteiger partial charge in [0.15, 0.2) is 11.2 Å². The van der Waals surface area contributed by atoms with Crippen molar-refractivity contribution in [2.24, 2.45) is 0 Å². The Hall–Kier alpha value is -5.54. The van der Waals surface area contributed by atoms with Crippen LogP contribution in [0.3, 0.4) is 0 Å². The number of amides is 2. The first-order chi connectivity index (χ1) is 19.8. The lowest BCUT2D eigenvalue weighted by Crippen LogP contribution is -2.43. The van der Waals surface area contributed by atoms with Crippen LogP contribution in [0.1, 0.15) is 21.6 Å². The number of H-pyrrole nitrogens is 1. The van der Waals surface area contributed by atoms with Gasteiger partial charge in [0.1, 0.15) is 11.8 Å². The number of aromatic nitrogens is 4. The van der Waals surface area contributed by atoms with Gasteiger partial charge in [-0.25, -0.2) is 14.8 Å². The summed E-state index contributed by atoms with van der Waals surface area (Å²) in [6.45, 7) is -0.728. The lowest BCUT2D eigenvalue weighted by Gasteiger charge is -2.24. The Morgan fingerprint density at radius 3 is 2.38 bits per heavy atom. The van der Waals surface area contributed by atoms with Crippen LogP contribution >= 0.6 is 0 Å². The van der Waals surface area contributed by atoms with E-state index in [4.69, 9.17) is 10.5 Å². The predicted molar refractivity (Wildman–Crippen MR) is 141 cm³/mol. The van der Waals surface area contributed by atoms with Gasteiger partial charge in [0, 0.05) is 17.7 Å². The number of aromatic amines is 1. The predicted octanol–water partition coefficient (Wildman–Crippen LogP) is 1.61. The molecule has 0 saturated carbocycles. The fourth-order valence-electron chi connectivity index (χ4n) is 3.88. The molecule has 2 heterocycles. The topological polar surface area (TPSA) is 193 Å². The molecule has 0 radical (unpaired) electrons. The molecule has 0 aliphatic carbocycles. The van der Waals surface area contributed by atoms with E-state index in [1.54, 1.807) is 12.1 Å². The van der Waals surface area contributed by atoms with Gasteiger partial charge in [-0.15, -0.1) is 0 Å². The average molecular weight is 585 g/mol. The van der Waals surface area contributed by atoms with Gasteiger partial charge in [-0.1, -0.05) is 12.1 Å². The van der Waals surface area contributed by atoms with E-state index in [2.05, 4.69) is 25.3 Å². The Balaban J connectivity index is 1.57. The number of rotatable bonds is 8. The molecular formula is C26H22F3N7O6. The lowest BCUT2D eigenvalue weighted by molar-refractivity contribution is -0.170. The molecule has 4 aromatic rings. The largest absolute Gasteiger partial charge is 0.508 e. The van der Waals surface area contributed by atoms with Crippen molar-refractivity contribution in [1.82, 2.24) is 25.3 Å². The van der Waals surface area contributed by atoms with Crippen LogP contribution in [0, 0.1) is 0 Å². The van der Waals surface area contributed by atoms with Crippen molar-refractivity contribution < 1.29 is 37.4 Å². The van der Waals surface area contributed by atoms with E-state index in [0.717, 1.165) is 25.4 Å². The molecule has 0 aliphatic heterocycles. The molecule has 218 valence electrons. The highest BCUT2D eigenvalue weighted by Crippen LogP contribution is 2.26. The first-order valence-corrected chi connectivity index (χ1v) is 12.0. The zero-order chi connectivity index (χ0) is 30.6. The molecule has 2 aromatic heterocycles. The highest BCUT2D eigenvalue weighted by atomic mass is 19.4. The highest BCUT2D eigenvalue weighted by Gasteiger charge is 2.43. The summed E-state index contributed by atoms with van der Waals surface area (Å²) in [7, 11) is 1.14. The summed E-state index contributed by atoms with van der Waals surface area (Å²) in [4.78, 5) is 63.8. The molecule has 0 bridgehead atoms. The number of ether oxygens (including phenoxy) is 1. The number of halogens is 3. The van der Waals surface area contributed by atoms with Crippen LogP contribution in [0.25, 0.3) is 11.2 Å². The van der Waals surface area contributed by atoms with Crippen LogP contribution in [0.2, 0.25) is 0 Å². The third kappa shape index (κ3) is 6.78. The Morgan fingerprint density at radius 1 is 1.10 bits per heavy atom. The summed E-state index contributed by atoms with van der Waals surface area (Å²) in [6, 6.07) is 9.36. The maximum atomic E-state index is 13.5. The van der Waals surface area contributed by atoms with Gasteiger partial charge in [0.05, 0.1) is 25.5 Å². The number of nitrogen functional groups attached to an aromatic ring is 1. The van der Waals surface area contributed by atoms with Gasteiger partial charge < -0.3 is 20.9 Å². The number of hydrogen-bond donors (Lipinski definition) is 4. The quantitative estimate of drug-likeness (QED) is 0.221. The first kappa shape index (κ1) is 29.4. The number of nitrogens with two attached hydrogens (primary N) is 1. The molecule has 1 atom stereocenters. The molecule has 42 heavy (non-hydrogen) atoms. The Kier molecular flexibility index (Phi) is 8.35. The van der Waals surface area contributed by atoms with Crippen LogP contribution in [-0.4, -0.2) is 62.2 Å². The second kappa shape index (κ2) is 11.9. The molecule has 0 unspecified atom stereocenters. The number of benzene rings is 2. The summed E-state index contributed by atoms with van der Waals surface area (Å²) in [6.07, 6.45) is -4.19. The summed E-state index contributed by atoms with van der Waals surface area (Å²) in [5, 5.41) is 12.0. The van der Waals surface area contributed by atoms with E-state index >= 15 is 0 Å². The summed E-state index contributed by atoms with van der Waals surface area (Å²) in [5.74, 6) is -3.94. The number of nitrogens with zero attached hydrogens (tertiary/aromatic N) is 4. The summed E-state index contributed by atoms with van der Waals surface area (Å²) >= 11 is 0. The van der Waals surface area contributed by atoms with E-state index < -0.39 is 42.1 Å². The molecular weight excluding hydrogens is 563 g/mol. The van der Waals surface area contributed by atoms with Crippen molar-refractivity contribution in [3.8, 4) is 5.75 Å². The van der Waals surface area contributed by atoms with Crippen molar-refractivity contribution in [3.63, 3.8) is 0 Å². The highest BCUT2D eigenvalue weighted by molar-refractivity contribution is 5.99. The van der Waals surface area contributed by atoms with Crippen LogP contribution in [0.5, 0.6) is 5.75 Å². The molecule has 0 saturated heterocycles. The van der Waals surface area contributed by atoms with Crippen LogP contribution < -0.4 is 21.5 Å². The maximum Gasteiger partial charge on any atom is 0.471 e. The fraction of sp³-hybridized carbons (Fsp3) is 0.192. The number of fused-ring (bicyclic) bond motifs is 1. The smallest absolute Gasteiger partial charge is 0.471 e. The van der Waals surface area contributed by atoms with Gasteiger partial charge in [0.2, 0.25) is 5.95 Å². The molecule has 4 rings (SSSR count). The minimum absolute atomic E-state index is 0.0130. The zero-order valence-corrected chi connectivity index (χ0v) is 21.7. The minimum atomic E-state index is -5.27. The number of carbonyl (C=O) groups excluding carboxylic acids is 3. The number of phenolic OH excluding ortho intramolecular Hbond substituents is 1. The first-order valence-electron chi connectivity index (χ1n) is 12.0. The summed E-state index contributed by atoms with van der Waals surface area (Å²) < 4.78 is 45.2. The van der Waals surface area contributed by atoms with Crippen molar-refractivity contribution in [1.29, 1.82) is 0 Å². The zero-order valence-electron chi connectivity index (χ0n) is 21.7. The van der Waals surface area contributed by atoms with Crippen molar-refractivity contribution >= 4 is 40.6 Å². The summed E-state index contributed by atoms with van der Waals surface area (Å²) in [5.41, 5.74) is 4.43. The Labute approximate surface area is 234 Å². The van der Waals surface area contributed by atoms with Gasteiger partial charge in [-0.2, -0.15) is 18.2 Å². The molecule has 16 heteroatoms. The number of carbonyl (C=O) groups is 3. The van der Waals surface area contributed by atoms with Gasteiger partial charge in [-0.3, -0.25) is 24.3 Å². The molecule has 2 aromatic carbocycles. The number of anilines is 2. The van der Waals surface area contributed by atoms with Gasteiger partial charge >= 0.3 is 18.1 Å². The number of methoxy groups -OCH3 is 1. The van der Waals surface area contributed by atoms with Crippen LogP contribution in [0.4, 0.5) is 24.8 Å². The number of hydrogen-bond acceptors (Lipinski definition) is 10. The van der Waals surface area contributed by atoms with E-state index in [-0.39, 0.29) is 46.2 Å². The second-order valence-electron chi connectivity index (χ2n) is 8.84. The molecule has 5 N–H and O–H groups in total. The van der Waals surface area contributed by atoms with Gasteiger partial charge in [-0.05, 0) is 42.0 Å². The maximum absolute atomic E-state index is 13.5. The SMILES string of the molecule is COC(=O)[C@H](Cc1ccc(O)cc1)NC(=O)c1ccc(N(Cc2cnc3nc(N)[nH]c(=O)c3n2)C(=O)C(F)(F)F)cc1. The normalized spacial score (nSPS) is 12.0. The van der Waals surface area contributed by atoms with Crippen molar-refractivity contribution in [2.45, 2.75) is 25.2 Å². The van der Waals surface area contributed by atoms with E-state index in [9.17, 15) is 37.5 Å². The standard InChI is InChI=1S/C26H22F3N7O6/c1-42-23(40)18(10-13-2-8-17(37)9-3-13)33-21(38)14-4-6-16(7-5-14)36(24(41)26(27,28)29)12-15-11-31-20-19(32-15)22(39)35-25(30)34-20/h2-9,11,18,37H,10,12H2,1H3,(H,33,38)(H3,30,31,34,35,39)/t18-/m0/s1. The second-order valence-corrected chi connectivity index (χ2v) is 8.84. The Bertz CT molecular complexity index is 1690. The van der Waals surface area contributed by atoms with Crippen molar-refractivity contribution in [3.05, 3.63) is 81.9 Å².